The van der Waals surface area contributed by atoms with Crippen LogP contribution < -0.4 is 15.5 Å². The summed E-state index contributed by atoms with van der Waals surface area (Å²) < 4.78 is 5.11. The van der Waals surface area contributed by atoms with Crippen molar-refractivity contribution < 1.29 is 14.3 Å². The van der Waals surface area contributed by atoms with Gasteiger partial charge in [-0.25, -0.2) is 4.79 Å². The molecule has 0 aromatic heterocycles. The molecule has 0 saturated carbocycles. The number of amides is 2. The predicted molar refractivity (Wildman–Crippen MR) is 107 cm³/mol. The Labute approximate surface area is 159 Å². The van der Waals surface area contributed by atoms with Crippen molar-refractivity contribution in [2.24, 2.45) is 5.92 Å². The van der Waals surface area contributed by atoms with Gasteiger partial charge < -0.3 is 15.0 Å². The quantitative estimate of drug-likeness (QED) is 0.812. The summed E-state index contributed by atoms with van der Waals surface area (Å²) >= 11 is 0. The van der Waals surface area contributed by atoms with Crippen LogP contribution in [0.15, 0.2) is 48.5 Å². The number of hydrogen-bond donors (Lipinski definition) is 2. The first-order chi connectivity index (χ1) is 13.0. The van der Waals surface area contributed by atoms with Gasteiger partial charge in [0.25, 0.3) is 0 Å². The number of para-hydroxylation sites is 1. The molecule has 0 saturated heterocycles. The van der Waals surface area contributed by atoms with Gasteiger partial charge in [-0.05, 0) is 42.2 Å². The summed E-state index contributed by atoms with van der Waals surface area (Å²) in [6, 6.07) is 15.2. The third kappa shape index (κ3) is 5.00. The van der Waals surface area contributed by atoms with Crippen molar-refractivity contribution in [3.05, 3.63) is 54.1 Å². The molecule has 27 heavy (non-hydrogen) atoms. The number of nitrogens with zero attached hydrogens (tertiary/aromatic N) is 1. The van der Waals surface area contributed by atoms with E-state index in [1.54, 1.807) is 12.1 Å². The van der Waals surface area contributed by atoms with E-state index in [4.69, 9.17) is 4.74 Å². The van der Waals surface area contributed by atoms with Gasteiger partial charge in [0.2, 0.25) is 5.91 Å². The van der Waals surface area contributed by atoms with E-state index >= 15 is 0 Å². The highest BCUT2D eigenvalue weighted by atomic mass is 16.5. The first-order valence-corrected chi connectivity index (χ1v) is 9.19. The molecule has 2 aromatic rings. The van der Waals surface area contributed by atoms with Gasteiger partial charge in [0.1, 0.15) is 0 Å². The summed E-state index contributed by atoms with van der Waals surface area (Å²) in [7, 11) is 0. The van der Waals surface area contributed by atoms with Crippen molar-refractivity contribution in [3.63, 3.8) is 0 Å². The maximum Gasteiger partial charge on any atom is 0.411 e. The molecule has 6 heteroatoms. The van der Waals surface area contributed by atoms with Gasteiger partial charge in [0, 0.05) is 23.6 Å². The van der Waals surface area contributed by atoms with Crippen LogP contribution in [0.4, 0.5) is 21.9 Å². The lowest BCUT2D eigenvalue weighted by atomic mass is 10.2. The highest BCUT2D eigenvalue weighted by Crippen LogP contribution is 2.27. The second kappa shape index (κ2) is 8.58. The fourth-order valence-electron chi connectivity index (χ4n) is 2.97. The standard InChI is InChI=1S/C21H25N3O3/c1-15(2)14-27-21(26)23-18-8-5-7-17(12-18)22-13-20(25)24-11-10-16-6-3-4-9-19(16)24/h3-9,12,15,22H,10-11,13-14H2,1-2H3,(H,23,26). The molecule has 0 radical (unpaired) electrons. The zero-order chi connectivity index (χ0) is 19.2. The topological polar surface area (TPSA) is 70.7 Å². The van der Waals surface area contributed by atoms with Crippen LogP contribution in [0.3, 0.4) is 0 Å². The van der Waals surface area contributed by atoms with Crippen LogP contribution in [0.2, 0.25) is 0 Å². The summed E-state index contributed by atoms with van der Waals surface area (Å²) in [6.07, 6.45) is 0.408. The Kier molecular flexibility index (Phi) is 5.96. The fraction of sp³-hybridized carbons (Fsp3) is 0.333. The van der Waals surface area contributed by atoms with Crippen molar-refractivity contribution in [1.29, 1.82) is 0 Å². The molecule has 2 aromatic carbocycles. The lowest BCUT2D eigenvalue weighted by Crippen LogP contribution is -2.34. The molecule has 1 heterocycles. The third-order valence-corrected chi connectivity index (χ3v) is 4.29. The number of carbonyl (C=O) groups is 2. The Balaban J connectivity index is 1.54. The number of anilines is 3. The molecule has 0 fully saturated rings. The molecule has 2 N–H and O–H groups in total. The van der Waals surface area contributed by atoms with Gasteiger partial charge >= 0.3 is 6.09 Å². The second-order valence-corrected chi connectivity index (χ2v) is 6.98. The van der Waals surface area contributed by atoms with E-state index in [1.165, 1.54) is 5.56 Å². The maximum absolute atomic E-state index is 12.6. The monoisotopic (exact) mass is 367 g/mol. The minimum Gasteiger partial charge on any atom is -0.449 e. The molecule has 0 bridgehead atoms. The van der Waals surface area contributed by atoms with Crippen molar-refractivity contribution >= 4 is 29.1 Å². The molecular formula is C21H25N3O3. The largest absolute Gasteiger partial charge is 0.449 e. The summed E-state index contributed by atoms with van der Waals surface area (Å²) in [5.74, 6) is 0.306. The van der Waals surface area contributed by atoms with Crippen LogP contribution in [0.5, 0.6) is 0 Å². The lowest BCUT2D eigenvalue weighted by Gasteiger charge is -2.18. The molecule has 1 aliphatic rings. The molecule has 0 spiro atoms. The fourth-order valence-corrected chi connectivity index (χ4v) is 2.97. The average Bonchev–Trinajstić information content (AvgIpc) is 3.09. The van der Waals surface area contributed by atoms with Gasteiger partial charge in [0.05, 0.1) is 13.2 Å². The smallest absolute Gasteiger partial charge is 0.411 e. The van der Waals surface area contributed by atoms with Gasteiger partial charge in [-0.1, -0.05) is 38.1 Å². The van der Waals surface area contributed by atoms with Crippen molar-refractivity contribution in [3.8, 4) is 0 Å². The van der Waals surface area contributed by atoms with E-state index in [2.05, 4.69) is 16.7 Å². The number of rotatable bonds is 6. The van der Waals surface area contributed by atoms with Crippen LogP contribution in [0.25, 0.3) is 0 Å². The maximum atomic E-state index is 12.6. The lowest BCUT2D eigenvalue weighted by molar-refractivity contribution is -0.116. The van der Waals surface area contributed by atoms with Crippen LogP contribution in [0, 0.1) is 5.92 Å². The van der Waals surface area contributed by atoms with E-state index in [9.17, 15) is 9.59 Å². The number of carbonyl (C=O) groups excluding carboxylic acids is 2. The predicted octanol–water partition coefficient (Wildman–Crippen LogP) is 3.89. The molecular weight excluding hydrogens is 342 g/mol. The molecule has 0 atom stereocenters. The minimum atomic E-state index is -0.481. The number of benzene rings is 2. The number of nitrogens with one attached hydrogen (secondary N) is 2. The molecule has 2 amide bonds. The summed E-state index contributed by atoms with van der Waals surface area (Å²) in [5, 5.41) is 5.83. The van der Waals surface area contributed by atoms with E-state index in [1.807, 2.05) is 49.1 Å². The van der Waals surface area contributed by atoms with Crippen molar-refractivity contribution in [1.82, 2.24) is 0 Å². The van der Waals surface area contributed by atoms with E-state index < -0.39 is 6.09 Å². The number of hydrogen-bond acceptors (Lipinski definition) is 4. The average molecular weight is 367 g/mol. The number of ether oxygens (including phenoxy) is 1. The van der Waals surface area contributed by atoms with E-state index in [0.717, 1.165) is 17.8 Å². The van der Waals surface area contributed by atoms with E-state index in [-0.39, 0.29) is 18.4 Å². The van der Waals surface area contributed by atoms with Crippen LogP contribution in [0.1, 0.15) is 19.4 Å². The minimum absolute atomic E-state index is 0.0228. The Morgan fingerprint density at radius 2 is 1.89 bits per heavy atom. The Bertz CT molecular complexity index is 820. The highest BCUT2D eigenvalue weighted by Gasteiger charge is 2.23. The molecule has 3 rings (SSSR count). The third-order valence-electron chi connectivity index (χ3n) is 4.29. The molecule has 1 aliphatic heterocycles. The van der Waals surface area contributed by atoms with Crippen LogP contribution >= 0.6 is 0 Å². The molecule has 6 nitrogen and oxygen atoms in total. The van der Waals surface area contributed by atoms with Gasteiger partial charge in [-0.3, -0.25) is 10.1 Å². The van der Waals surface area contributed by atoms with Crippen molar-refractivity contribution in [2.45, 2.75) is 20.3 Å². The first kappa shape index (κ1) is 18.8. The normalized spacial score (nSPS) is 12.6. The zero-order valence-corrected chi connectivity index (χ0v) is 15.7. The van der Waals surface area contributed by atoms with E-state index in [0.29, 0.717) is 18.8 Å². The molecule has 142 valence electrons. The summed E-state index contributed by atoms with van der Waals surface area (Å²) in [4.78, 5) is 26.2. The summed E-state index contributed by atoms with van der Waals surface area (Å²) in [6.45, 7) is 5.23. The summed E-state index contributed by atoms with van der Waals surface area (Å²) in [5.41, 5.74) is 3.58. The first-order valence-electron chi connectivity index (χ1n) is 9.19. The highest BCUT2D eigenvalue weighted by molar-refractivity contribution is 5.98. The van der Waals surface area contributed by atoms with Crippen LogP contribution in [-0.4, -0.2) is 31.7 Å². The Hall–Kier alpha value is -3.02. The zero-order valence-electron chi connectivity index (χ0n) is 15.7. The SMILES string of the molecule is CC(C)COC(=O)Nc1cccc(NCC(=O)N2CCc3ccccc32)c1. The van der Waals surface area contributed by atoms with Crippen LogP contribution in [-0.2, 0) is 16.0 Å². The van der Waals surface area contributed by atoms with Gasteiger partial charge in [-0.15, -0.1) is 0 Å². The second-order valence-electron chi connectivity index (χ2n) is 6.98. The molecule has 0 unspecified atom stereocenters. The van der Waals surface area contributed by atoms with Gasteiger partial charge in [0.15, 0.2) is 0 Å². The molecule has 0 aliphatic carbocycles. The Morgan fingerprint density at radius 1 is 1.11 bits per heavy atom. The van der Waals surface area contributed by atoms with Crippen molar-refractivity contribution in [2.75, 3.05) is 35.2 Å². The van der Waals surface area contributed by atoms with Gasteiger partial charge in [-0.2, -0.15) is 0 Å². The Morgan fingerprint density at radius 3 is 2.70 bits per heavy atom. The number of fused-ring (bicyclic) bond motifs is 1.